The molecule has 0 aliphatic rings. The maximum absolute atomic E-state index is 5.94. The van der Waals surface area contributed by atoms with E-state index in [9.17, 15) is 0 Å². The third kappa shape index (κ3) is 1.47. The summed E-state index contributed by atoms with van der Waals surface area (Å²) < 4.78 is 0.854. The van der Waals surface area contributed by atoms with Crippen LogP contribution in [0.5, 0.6) is 0 Å². The van der Waals surface area contributed by atoms with E-state index in [1.165, 1.54) is 0 Å². The van der Waals surface area contributed by atoms with Crippen molar-refractivity contribution in [3.63, 3.8) is 0 Å². The first kappa shape index (κ1) is 9.74. The largest absolute Gasteiger partial charge is 0.397 e. The number of hydrogen-bond donors (Lipinski definition) is 1. The Balaban J connectivity index is 2.91. The van der Waals surface area contributed by atoms with Crippen LogP contribution in [0.2, 0.25) is 5.02 Å². The maximum Gasteiger partial charge on any atom is 0.0741 e. The third-order valence-electron chi connectivity index (χ3n) is 2.09. The van der Waals surface area contributed by atoms with Crippen LogP contribution in [0.3, 0.4) is 0 Å². The van der Waals surface area contributed by atoms with Crippen LogP contribution in [0.1, 0.15) is 5.69 Å². The number of rotatable bonds is 0. The van der Waals surface area contributed by atoms with Crippen molar-refractivity contribution in [2.24, 2.45) is 0 Å². The van der Waals surface area contributed by atoms with Gasteiger partial charge >= 0.3 is 0 Å². The Morgan fingerprint density at radius 3 is 2.86 bits per heavy atom. The lowest BCUT2D eigenvalue weighted by atomic mass is 10.1. The Hall–Kier alpha value is -0.800. The van der Waals surface area contributed by atoms with E-state index in [1.54, 1.807) is 0 Å². The number of anilines is 1. The van der Waals surface area contributed by atoms with Gasteiger partial charge in [0.15, 0.2) is 0 Å². The zero-order valence-corrected chi connectivity index (χ0v) is 9.85. The number of aryl methyl sites for hydroxylation is 1. The van der Waals surface area contributed by atoms with Gasteiger partial charge < -0.3 is 5.73 Å². The number of hydrogen-bond acceptors (Lipinski definition) is 2. The number of halogens is 2. The molecule has 0 saturated heterocycles. The lowest BCUT2D eigenvalue weighted by Gasteiger charge is -2.06. The van der Waals surface area contributed by atoms with Gasteiger partial charge in [0.05, 0.1) is 21.4 Å². The summed E-state index contributed by atoms with van der Waals surface area (Å²) >= 11 is 9.27. The lowest BCUT2D eigenvalue weighted by molar-refractivity contribution is 1.24. The van der Waals surface area contributed by atoms with Crippen molar-refractivity contribution in [2.75, 3.05) is 5.73 Å². The summed E-state index contributed by atoms with van der Waals surface area (Å²) in [7, 11) is 0. The highest BCUT2D eigenvalue weighted by atomic mass is 79.9. The summed E-state index contributed by atoms with van der Waals surface area (Å²) in [6.07, 6.45) is 0. The summed E-state index contributed by atoms with van der Waals surface area (Å²) in [6.45, 7) is 1.90. The molecule has 0 bridgehead atoms. The van der Waals surface area contributed by atoms with Crippen LogP contribution in [-0.4, -0.2) is 4.98 Å². The molecule has 0 spiro atoms. The molecule has 0 saturated carbocycles. The molecule has 0 radical (unpaired) electrons. The smallest absolute Gasteiger partial charge is 0.0741 e. The second-order valence-electron chi connectivity index (χ2n) is 3.09. The van der Waals surface area contributed by atoms with E-state index in [0.717, 1.165) is 21.1 Å². The number of nitrogen functional groups attached to an aromatic ring is 1. The van der Waals surface area contributed by atoms with E-state index in [-0.39, 0.29) is 0 Å². The molecule has 2 rings (SSSR count). The third-order valence-corrected chi connectivity index (χ3v) is 3.33. The van der Waals surface area contributed by atoms with Crippen LogP contribution >= 0.6 is 27.5 Å². The number of pyridine rings is 1. The predicted octanol–water partition coefficient (Wildman–Crippen LogP) is 3.54. The van der Waals surface area contributed by atoms with E-state index in [2.05, 4.69) is 20.9 Å². The number of fused-ring (bicyclic) bond motifs is 1. The minimum Gasteiger partial charge on any atom is -0.397 e. The molecule has 0 unspecified atom stereocenters. The van der Waals surface area contributed by atoms with Crippen molar-refractivity contribution >= 4 is 44.1 Å². The maximum atomic E-state index is 5.94. The molecular formula is C10H8BrClN2. The predicted molar refractivity (Wildman–Crippen MR) is 63.6 cm³/mol. The van der Waals surface area contributed by atoms with Crippen LogP contribution < -0.4 is 5.73 Å². The van der Waals surface area contributed by atoms with E-state index >= 15 is 0 Å². The molecule has 72 valence electrons. The number of nitrogens with two attached hydrogens (primary N) is 1. The first-order valence-corrected chi connectivity index (χ1v) is 5.27. The lowest BCUT2D eigenvalue weighted by Crippen LogP contribution is -1.94. The average molecular weight is 272 g/mol. The molecule has 14 heavy (non-hydrogen) atoms. The standard InChI is InChI=1S/C10H8BrClN2/c1-5-9(11)10(13)7-3-2-6(12)4-8(7)14-5/h2-4H,1H3,(H2,13,14). The fourth-order valence-electron chi connectivity index (χ4n) is 1.37. The van der Waals surface area contributed by atoms with Crippen molar-refractivity contribution in [3.05, 3.63) is 33.4 Å². The second-order valence-corrected chi connectivity index (χ2v) is 4.32. The summed E-state index contributed by atoms with van der Waals surface area (Å²) in [4.78, 5) is 4.39. The molecule has 0 atom stereocenters. The van der Waals surface area contributed by atoms with Crippen molar-refractivity contribution < 1.29 is 0 Å². The SMILES string of the molecule is Cc1nc2cc(Cl)ccc2c(N)c1Br. The van der Waals surface area contributed by atoms with Crippen molar-refractivity contribution in [1.82, 2.24) is 4.98 Å². The van der Waals surface area contributed by atoms with Gasteiger partial charge in [-0.3, -0.25) is 4.98 Å². The van der Waals surface area contributed by atoms with Gasteiger partial charge in [-0.25, -0.2) is 0 Å². The summed E-state index contributed by atoms with van der Waals surface area (Å²) in [5.41, 5.74) is 8.35. The van der Waals surface area contributed by atoms with Gasteiger partial charge in [0.2, 0.25) is 0 Å². The Morgan fingerprint density at radius 1 is 1.43 bits per heavy atom. The van der Waals surface area contributed by atoms with Gasteiger partial charge in [-0.1, -0.05) is 11.6 Å². The van der Waals surface area contributed by atoms with Crippen LogP contribution in [0.15, 0.2) is 22.7 Å². The topological polar surface area (TPSA) is 38.9 Å². The molecule has 0 aliphatic heterocycles. The zero-order chi connectivity index (χ0) is 10.3. The highest BCUT2D eigenvalue weighted by Crippen LogP contribution is 2.31. The van der Waals surface area contributed by atoms with Gasteiger partial charge in [-0.15, -0.1) is 0 Å². The highest BCUT2D eigenvalue weighted by Gasteiger charge is 2.07. The van der Waals surface area contributed by atoms with Gasteiger partial charge in [0.1, 0.15) is 0 Å². The molecule has 0 aliphatic carbocycles. The average Bonchev–Trinajstić information content (AvgIpc) is 2.14. The van der Waals surface area contributed by atoms with Crippen LogP contribution in [0, 0.1) is 6.92 Å². The molecule has 2 N–H and O–H groups in total. The van der Waals surface area contributed by atoms with Crippen molar-refractivity contribution in [2.45, 2.75) is 6.92 Å². The Kier molecular flexibility index (Phi) is 2.37. The minimum atomic E-state index is 0.672. The number of benzene rings is 1. The van der Waals surface area contributed by atoms with Gasteiger partial charge in [0.25, 0.3) is 0 Å². The number of aromatic nitrogens is 1. The highest BCUT2D eigenvalue weighted by molar-refractivity contribution is 9.10. The fourth-order valence-corrected chi connectivity index (χ4v) is 1.84. The van der Waals surface area contributed by atoms with E-state index < -0.39 is 0 Å². The summed E-state index contributed by atoms with van der Waals surface area (Å²) in [6, 6.07) is 5.50. The Labute approximate surface area is 95.2 Å². The quantitative estimate of drug-likeness (QED) is 0.796. The fraction of sp³-hybridized carbons (Fsp3) is 0.100. The van der Waals surface area contributed by atoms with E-state index in [1.807, 2.05) is 25.1 Å². The molecule has 2 nitrogen and oxygen atoms in total. The number of nitrogens with zero attached hydrogens (tertiary/aromatic N) is 1. The van der Waals surface area contributed by atoms with Crippen LogP contribution in [0.4, 0.5) is 5.69 Å². The van der Waals surface area contributed by atoms with Gasteiger partial charge in [-0.2, -0.15) is 0 Å². The molecular weight excluding hydrogens is 263 g/mol. The van der Waals surface area contributed by atoms with E-state index in [0.29, 0.717) is 10.7 Å². The van der Waals surface area contributed by atoms with Gasteiger partial charge in [-0.05, 0) is 41.1 Å². The van der Waals surface area contributed by atoms with Crippen molar-refractivity contribution in [3.8, 4) is 0 Å². The molecule has 2 aromatic rings. The zero-order valence-electron chi connectivity index (χ0n) is 7.51. The summed E-state index contributed by atoms with van der Waals surface area (Å²) in [5.74, 6) is 0. The normalized spacial score (nSPS) is 10.8. The molecule has 1 aromatic carbocycles. The first-order chi connectivity index (χ1) is 6.59. The Morgan fingerprint density at radius 2 is 2.14 bits per heavy atom. The van der Waals surface area contributed by atoms with E-state index in [4.69, 9.17) is 17.3 Å². The molecule has 0 fully saturated rings. The van der Waals surface area contributed by atoms with Crippen LogP contribution in [0.25, 0.3) is 10.9 Å². The summed E-state index contributed by atoms with van der Waals surface area (Å²) in [5, 5.41) is 1.60. The molecule has 4 heteroatoms. The molecule has 1 aromatic heterocycles. The molecule has 1 heterocycles. The first-order valence-electron chi connectivity index (χ1n) is 4.10. The monoisotopic (exact) mass is 270 g/mol. The molecule has 0 amide bonds. The second kappa shape index (κ2) is 3.41. The minimum absolute atomic E-state index is 0.672. The Bertz CT molecular complexity index is 511. The van der Waals surface area contributed by atoms with Crippen LogP contribution in [-0.2, 0) is 0 Å². The van der Waals surface area contributed by atoms with Crippen molar-refractivity contribution in [1.29, 1.82) is 0 Å². The van der Waals surface area contributed by atoms with Gasteiger partial charge in [0, 0.05) is 10.4 Å².